The van der Waals surface area contributed by atoms with Crippen molar-refractivity contribution in [3.63, 3.8) is 0 Å². The Kier molecular flexibility index (Phi) is 4.57. The van der Waals surface area contributed by atoms with Crippen molar-refractivity contribution >= 4 is 5.91 Å². The number of alkyl halides is 3. The third-order valence-corrected chi connectivity index (χ3v) is 3.96. The van der Waals surface area contributed by atoms with Gasteiger partial charge in [0.05, 0.1) is 0 Å². The third-order valence-electron chi connectivity index (χ3n) is 3.96. The topological polar surface area (TPSA) is 38.8 Å². The van der Waals surface area contributed by atoms with E-state index in [2.05, 4.69) is 4.74 Å². The molecule has 0 saturated heterocycles. The van der Waals surface area contributed by atoms with Crippen molar-refractivity contribution in [1.82, 2.24) is 4.90 Å². The predicted octanol–water partition coefficient (Wildman–Crippen LogP) is 3.79. The van der Waals surface area contributed by atoms with Crippen LogP contribution in [0.4, 0.5) is 13.2 Å². The first kappa shape index (κ1) is 17.1. The second-order valence-corrected chi connectivity index (χ2v) is 5.74. The Morgan fingerprint density at radius 3 is 2.52 bits per heavy atom. The molecule has 0 fully saturated rings. The van der Waals surface area contributed by atoms with Crippen LogP contribution in [-0.4, -0.2) is 30.8 Å². The van der Waals surface area contributed by atoms with Crippen molar-refractivity contribution in [2.24, 2.45) is 0 Å². The van der Waals surface area contributed by atoms with E-state index in [-0.39, 0.29) is 18.3 Å². The standard InChI is InChI=1S/C18H16F3NO3/c1-22-10-9-14-15(17(22)23)3-2-4-16(14)24-11-12-5-7-13(8-6-12)25-18(19,20)21/h2-8H,9-11H2,1H3. The maximum absolute atomic E-state index is 12.2. The van der Waals surface area contributed by atoms with Gasteiger partial charge in [-0.15, -0.1) is 13.2 Å². The van der Waals surface area contributed by atoms with Gasteiger partial charge in [0.25, 0.3) is 5.91 Å². The molecule has 3 rings (SSSR count). The van der Waals surface area contributed by atoms with Crippen LogP contribution < -0.4 is 9.47 Å². The molecule has 132 valence electrons. The van der Waals surface area contributed by atoms with Gasteiger partial charge in [-0.3, -0.25) is 4.79 Å². The molecule has 1 aliphatic rings. The minimum atomic E-state index is -4.71. The van der Waals surface area contributed by atoms with Gasteiger partial charge in [0.1, 0.15) is 18.1 Å². The molecule has 0 saturated carbocycles. The largest absolute Gasteiger partial charge is 0.573 e. The van der Waals surface area contributed by atoms with Crippen molar-refractivity contribution in [2.45, 2.75) is 19.4 Å². The summed E-state index contributed by atoms with van der Waals surface area (Å²) in [7, 11) is 1.75. The zero-order chi connectivity index (χ0) is 18.0. The van der Waals surface area contributed by atoms with E-state index in [1.54, 1.807) is 30.1 Å². The fourth-order valence-electron chi connectivity index (χ4n) is 2.69. The second kappa shape index (κ2) is 6.66. The van der Waals surface area contributed by atoms with E-state index in [1.165, 1.54) is 24.3 Å². The normalized spacial score (nSPS) is 14.2. The summed E-state index contributed by atoms with van der Waals surface area (Å²) in [5.41, 5.74) is 2.19. The lowest BCUT2D eigenvalue weighted by molar-refractivity contribution is -0.274. The molecule has 0 atom stereocenters. The summed E-state index contributed by atoms with van der Waals surface area (Å²) in [6.07, 6.45) is -4.01. The number of ether oxygens (including phenoxy) is 2. The molecule has 1 amide bonds. The van der Waals surface area contributed by atoms with Crippen LogP contribution in [-0.2, 0) is 13.0 Å². The van der Waals surface area contributed by atoms with E-state index in [0.717, 1.165) is 5.56 Å². The Bertz CT molecular complexity index is 772. The van der Waals surface area contributed by atoms with Crippen LogP contribution in [0, 0.1) is 0 Å². The Morgan fingerprint density at radius 2 is 1.84 bits per heavy atom. The Hall–Kier alpha value is -2.70. The summed E-state index contributed by atoms with van der Waals surface area (Å²) < 4.78 is 46.1. The molecule has 1 heterocycles. The summed E-state index contributed by atoms with van der Waals surface area (Å²) in [4.78, 5) is 13.8. The number of benzene rings is 2. The van der Waals surface area contributed by atoms with E-state index in [4.69, 9.17) is 4.74 Å². The average Bonchev–Trinajstić information content (AvgIpc) is 2.56. The van der Waals surface area contributed by atoms with Gasteiger partial charge in [0, 0.05) is 24.7 Å². The van der Waals surface area contributed by atoms with Gasteiger partial charge >= 0.3 is 6.36 Å². The van der Waals surface area contributed by atoms with E-state index < -0.39 is 6.36 Å². The van der Waals surface area contributed by atoms with Crippen molar-refractivity contribution in [3.05, 3.63) is 59.2 Å². The number of fused-ring (bicyclic) bond motifs is 1. The molecule has 2 aromatic rings. The summed E-state index contributed by atoms with van der Waals surface area (Å²) in [6, 6.07) is 10.8. The zero-order valence-corrected chi connectivity index (χ0v) is 13.5. The molecule has 0 N–H and O–H groups in total. The number of hydrogen-bond acceptors (Lipinski definition) is 3. The van der Waals surface area contributed by atoms with Crippen LogP contribution in [0.5, 0.6) is 11.5 Å². The smallest absolute Gasteiger partial charge is 0.489 e. The highest BCUT2D eigenvalue weighted by Crippen LogP contribution is 2.28. The SMILES string of the molecule is CN1CCc2c(OCc3ccc(OC(F)(F)F)cc3)cccc2C1=O. The summed E-state index contributed by atoms with van der Waals surface area (Å²) in [6.45, 7) is 0.808. The molecule has 4 nitrogen and oxygen atoms in total. The third kappa shape index (κ3) is 4.04. The van der Waals surface area contributed by atoms with Gasteiger partial charge in [-0.2, -0.15) is 0 Å². The van der Waals surface area contributed by atoms with Gasteiger partial charge in [0.15, 0.2) is 0 Å². The van der Waals surface area contributed by atoms with E-state index in [1.807, 2.05) is 0 Å². The van der Waals surface area contributed by atoms with Crippen molar-refractivity contribution in [3.8, 4) is 11.5 Å². The molecule has 2 aromatic carbocycles. The fraction of sp³-hybridized carbons (Fsp3) is 0.278. The van der Waals surface area contributed by atoms with Crippen LogP contribution in [0.15, 0.2) is 42.5 Å². The Labute approximate surface area is 142 Å². The molecule has 7 heteroatoms. The second-order valence-electron chi connectivity index (χ2n) is 5.74. The van der Waals surface area contributed by atoms with Crippen LogP contribution in [0.25, 0.3) is 0 Å². The molecule has 25 heavy (non-hydrogen) atoms. The molecule has 0 bridgehead atoms. The molecular formula is C18H16F3NO3. The molecule has 0 aromatic heterocycles. The predicted molar refractivity (Wildman–Crippen MR) is 84.6 cm³/mol. The quantitative estimate of drug-likeness (QED) is 0.841. The highest BCUT2D eigenvalue weighted by molar-refractivity contribution is 5.97. The first-order chi connectivity index (χ1) is 11.8. The lowest BCUT2D eigenvalue weighted by Gasteiger charge is -2.26. The lowest BCUT2D eigenvalue weighted by Crippen LogP contribution is -2.34. The van der Waals surface area contributed by atoms with E-state index >= 15 is 0 Å². The summed E-state index contributed by atoms with van der Waals surface area (Å²) >= 11 is 0. The van der Waals surface area contributed by atoms with Crippen molar-refractivity contribution in [1.29, 1.82) is 0 Å². The zero-order valence-electron chi connectivity index (χ0n) is 13.5. The monoisotopic (exact) mass is 351 g/mol. The van der Waals surface area contributed by atoms with Crippen LogP contribution in [0.2, 0.25) is 0 Å². The number of rotatable bonds is 4. The molecule has 0 radical (unpaired) electrons. The maximum Gasteiger partial charge on any atom is 0.573 e. The van der Waals surface area contributed by atoms with E-state index in [9.17, 15) is 18.0 Å². The van der Waals surface area contributed by atoms with Gasteiger partial charge in [-0.05, 0) is 36.2 Å². The highest BCUT2D eigenvalue weighted by atomic mass is 19.4. The molecular weight excluding hydrogens is 335 g/mol. The molecule has 0 unspecified atom stereocenters. The van der Waals surface area contributed by atoms with Gasteiger partial charge in [-0.1, -0.05) is 18.2 Å². The van der Waals surface area contributed by atoms with Crippen molar-refractivity contribution < 1.29 is 27.4 Å². The van der Waals surface area contributed by atoms with Crippen LogP contribution in [0.3, 0.4) is 0 Å². The molecule has 0 aliphatic carbocycles. The number of likely N-dealkylation sites (N-methyl/N-ethyl adjacent to an activating group) is 1. The number of carbonyl (C=O) groups excluding carboxylic acids is 1. The van der Waals surface area contributed by atoms with Gasteiger partial charge < -0.3 is 14.4 Å². The fourth-order valence-corrected chi connectivity index (χ4v) is 2.69. The first-order valence-electron chi connectivity index (χ1n) is 7.68. The van der Waals surface area contributed by atoms with Crippen molar-refractivity contribution in [2.75, 3.05) is 13.6 Å². The molecule has 1 aliphatic heterocycles. The number of amides is 1. The number of halogens is 3. The maximum atomic E-state index is 12.2. The summed E-state index contributed by atoms with van der Waals surface area (Å²) in [5, 5.41) is 0. The molecule has 0 spiro atoms. The number of nitrogens with zero attached hydrogens (tertiary/aromatic N) is 1. The number of carbonyl (C=O) groups is 1. The van der Waals surface area contributed by atoms with Gasteiger partial charge in [-0.25, -0.2) is 0 Å². The Morgan fingerprint density at radius 1 is 1.12 bits per heavy atom. The van der Waals surface area contributed by atoms with Crippen LogP contribution >= 0.6 is 0 Å². The number of hydrogen-bond donors (Lipinski definition) is 0. The van der Waals surface area contributed by atoms with E-state index in [0.29, 0.717) is 29.8 Å². The van der Waals surface area contributed by atoms with Gasteiger partial charge in [0.2, 0.25) is 0 Å². The highest BCUT2D eigenvalue weighted by Gasteiger charge is 2.31. The van der Waals surface area contributed by atoms with Crippen LogP contribution in [0.1, 0.15) is 21.5 Å². The minimum absolute atomic E-state index is 0.0413. The lowest BCUT2D eigenvalue weighted by atomic mass is 9.98. The minimum Gasteiger partial charge on any atom is -0.489 e. The Balaban J connectivity index is 1.69. The average molecular weight is 351 g/mol. The summed E-state index contributed by atoms with van der Waals surface area (Å²) in [5.74, 6) is 0.303. The first-order valence-corrected chi connectivity index (χ1v) is 7.68.